The maximum Gasteiger partial charge on any atom is 0.295 e. The lowest BCUT2D eigenvalue weighted by Crippen LogP contribution is -2.14. The molecular weight excluding hydrogens is 396 g/mol. The lowest BCUT2D eigenvalue weighted by atomic mass is 10.1. The highest BCUT2D eigenvalue weighted by atomic mass is 35.5. The smallest absolute Gasteiger partial charge is 0.295 e. The molecule has 0 atom stereocenters. The zero-order valence-electron chi connectivity index (χ0n) is 17.0. The van der Waals surface area contributed by atoms with Gasteiger partial charge in [0.15, 0.2) is 5.82 Å². The number of aryl methyl sites for hydroxylation is 2. The van der Waals surface area contributed by atoms with Gasteiger partial charge in [-0.05, 0) is 62.2 Å². The first-order valence-corrected chi connectivity index (χ1v) is 9.98. The van der Waals surface area contributed by atoms with Gasteiger partial charge in [-0.3, -0.25) is 4.79 Å². The van der Waals surface area contributed by atoms with Crippen LogP contribution in [0.5, 0.6) is 0 Å². The molecule has 6 heteroatoms. The molecule has 0 spiro atoms. The predicted molar refractivity (Wildman–Crippen MR) is 120 cm³/mol. The van der Waals surface area contributed by atoms with Gasteiger partial charge in [0.1, 0.15) is 0 Å². The van der Waals surface area contributed by atoms with Crippen LogP contribution < -0.4 is 5.32 Å². The van der Waals surface area contributed by atoms with E-state index in [9.17, 15) is 4.79 Å². The van der Waals surface area contributed by atoms with E-state index in [0.717, 1.165) is 27.9 Å². The summed E-state index contributed by atoms with van der Waals surface area (Å²) in [6, 6.07) is 21.2. The minimum absolute atomic E-state index is 0.0902. The lowest BCUT2D eigenvalue weighted by Gasteiger charge is -2.10. The van der Waals surface area contributed by atoms with Crippen LogP contribution >= 0.6 is 11.6 Å². The molecule has 1 amide bonds. The maximum atomic E-state index is 12.9. The molecule has 0 saturated carbocycles. The van der Waals surface area contributed by atoms with Crippen molar-refractivity contribution >= 4 is 23.2 Å². The second-order valence-electron chi connectivity index (χ2n) is 7.25. The van der Waals surface area contributed by atoms with E-state index in [1.165, 1.54) is 0 Å². The molecule has 0 unspecified atom stereocenters. The van der Waals surface area contributed by atoms with Gasteiger partial charge in [0.25, 0.3) is 5.91 Å². The molecule has 1 N–H and O–H groups in total. The Morgan fingerprint density at radius 3 is 2.37 bits per heavy atom. The van der Waals surface area contributed by atoms with Crippen molar-refractivity contribution < 1.29 is 4.79 Å². The zero-order chi connectivity index (χ0) is 21.3. The molecule has 0 radical (unpaired) electrons. The highest BCUT2D eigenvalue weighted by Gasteiger charge is 2.20. The van der Waals surface area contributed by atoms with E-state index >= 15 is 0 Å². The second kappa shape index (κ2) is 8.13. The standard InChI is InChI=1S/C24H21ClN4O/c1-15-7-4-9-18(13-15)23-27-22(24(30)26-19-10-5-8-16(2)14-19)28-29(23)21-12-6-11-20(25)17(21)3/h4-14H,1-3H3,(H,26,30). The number of aromatic nitrogens is 3. The van der Waals surface area contributed by atoms with Gasteiger partial charge in [0.2, 0.25) is 5.82 Å². The third-order valence-corrected chi connectivity index (χ3v) is 5.24. The molecular formula is C24H21ClN4O. The lowest BCUT2D eigenvalue weighted by molar-refractivity contribution is 0.101. The first-order chi connectivity index (χ1) is 14.4. The van der Waals surface area contributed by atoms with E-state index in [0.29, 0.717) is 16.5 Å². The number of hydrogen-bond acceptors (Lipinski definition) is 3. The van der Waals surface area contributed by atoms with Crippen molar-refractivity contribution in [3.63, 3.8) is 0 Å². The van der Waals surface area contributed by atoms with Crippen LogP contribution in [0.15, 0.2) is 66.7 Å². The molecule has 0 fully saturated rings. The van der Waals surface area contributed by atoms with E-state index < -0.39 is 0 Å². The van der Waals surface area contributed by atoms with Crippen LogP contribution in [0.4, 0.5) is 5.69 Å². The molecule has 3 aromatic carbocycles. The maximum absolute atomic E-state index is 12.9. The topological polar surface area (TPSA) is 59.8 Å². The second-order valence-corrected chi connectivity index (χ2v) is 7.66. The molecule has 5 nitrogen and oxygen atoms in total. The molecule has 4 rings (SSSR count). The van der Waals surface area contributed by atoms with Crippen molar-refractivity contribution in [3.05, 3.63) is 94.3 Å². The summed E-state index contributed by atoms with van der Waals surface area (Å²) in [5.74, 6) is 0.304. The van der Waals surface area contributed by atoms with Gasteiger partial charge in [0.05, 0.1) is 5.69 Å². The first kappa shape index (κ1) is 19.9. The highest BCUT2D eigenvalue weighted by molar-refractivity contribution is 6.31. The fraction of sp³-hybridized carbons (Fsp3) is 0.125. The van der Waals surface area contributed by atoms with Crippen molar-refractivity contribution in [1.29, 1.82) is 0 Å². The Hall–Kier alpha value is -3.44. The zero-order valence-corrected chi connectivity index (χ0v) is 17.7. The Bertz CT molecular complexity index is 1250. The molecule has 0 aliphatic heterocycles. The summed E-state index contributed by atoms with van der Waals surface area (Å²) in [6.07, 6.45) is 0. The van der Waals surface area contributed by atoms with Crippen LogP contribution in [0.3, 0.4) is 0 Å². The van der Waals surface area contributed by atoms with Crippen molar-refractivity contribution in [2.24, 2.45) is 0 Å². The monoisotopic (exact) mass is 416 g/mol. The molecule has 1 aromatic heterocycles. The summed E-state index contributed by atoms with van der Waals surface area (Å²) in [5, 5.41) is 8.05. The van der Waals surface area contributed by atoms with Crippen molar-refractivity contribution in [3.8, 4) is 17.1 Å². The quantitative estimate of drug-likeness (QED) is 0.459. The molecule has 0 aliphatic carbocycles. The molecule has 0 bridgehead atoms. The number of carbonyl (C=O) groups is 1. The molecule has 0 aliphatic rings. The average molecular weight is 417 g/mol. The third kappa shape index (κ3) is 3.98. The number of rotatable bonds is 4. The van der Waals surface area contributed by atoms with E-state index in [-0.39, 0.29) is 11.7 Å². The Morgan fingerprint density at radius 2 is 1.63 bits per heavy atom. The van der Waals surface area contributed by atoms with Crippen LogP contribution in [0.1, 0.15) is 27.3 Å². The van der Waals surface area contributed by atoms with Gasteiger partial charge < -0.3 is 5.32 Å². The minimum Gasteiger partial charge on any atom is -0.319 e. The van der Waals surface area contributed by atoms with Crippen molar-refractivity contribution in [1.82, 2.24) is 14.8 Å². The number of halogens is 1. The highest BCUT2D eigenvalue weighted by Crippen LogP contribution is 2.27. The normalized spacial score (nSPS) is 10.8. The van der Waals surface area contributed by atoms with E-state index in [1.807, 2.05) is 87.5 Å². The van der Waals surface area contributed by atoms with Crippen LogP contribution in [-0.2, 0) is 0 Å². The fourth-order valence-corrected chi connectivity index (χ4v) is 3.45. The van der Waals surface area contributed by atoms with Crippen LogP contribution in [0, 0.1) is 20.8 Å². The third-order valence-electron chi connectivity index (χ3n) is 4.83. The number of benzene rings is 3. The molecule has 4 aromatic rings. The van der Waals surface area contributed by atoms with Crippen LogP contribution in [0.25, 0.3) is 17.1 Å². The van der Waals surface area contributed by atoms with Crippen molar-refractivity contribution in [2.75, 3.05) is 5.32 Å². The molecule has 30 heavy (non-hydrogen) atoms. The van der Waals surface area contributed by atoms with E-state index in [4.69, 9.17) is 11.6 Å². The Labute approximate surface area is 180 Å². The number of nitrogens with zero attached hydrogens (tertiary/aromatic N) is 3. The fourth-order valence-electron chi connectivity index (χ4n) is 3.28. The summed E-state index contributed by atoms with van der Waals surface area (Å²) in [6.45, 7) is 5.91. The van der Waals surface area contributed by atoms with Crippen LogP contribution in [-0.4, -0.2) is 20.7 Å². The SMILES string of the molecule is Cc1cccc(NC(=O)c2nc(-c3cccc(C)c3)n(-c3cccc(Cl)c3C)n2)c1. The summed E-state index contributed by atoms with van der Waals surface area (Å²) in [5.41, 5.74) is 5.37. The van der Waals surface area contributed by atoms with E-state index in [1.54, 1.807) is 4.68 Å². The summed E-state index contributed by atoms with van der Waals surface area (Å²) >= 11 is 6.34. The number of anilines is 1. The van der Waals surface area contributed by atoms with Gasteiger partial charge in [-0.15, -0.1) is 5.10 Å². The summed E-state index contributed by atoms with van der Waals surface area (Å²) in [4.78, 5) is 17.5. The van der Waals surface area contributed by atoms with Crippen LogP contribution in [0.2, 0.25) is 5.02 Å². The average Bonchev–Trinajstić information content (AvgIpc) is 3.15. The van der Waals surface area contributed by atoms with Gasteiger partial charge >= 0.3 is 0 Å². The first-order valence-electron chi connectivity index (χ1n) is 9.60. The van der Waals surface area contributed by atoms with E-state index in [2.05, 4.69) is 15.4 Å². The van der Waals surface area contributed by atoms with Gasteiger partial charge in [-0.25, -0.2) is 9.67 Å². The number of carbonyl (C=O) groups excluding carboxylic acids is 1. The number of nitrogens with one attached hydrogen (secondary N) is 1. The van der Waals surface area contributed by atoms with Gasteiger partial charge in [-0.2, -0.15) is 0 Å². The largest absolute Gasteiger partial charge is 0.319 e. The number of amides is 1. The minimum atomic E-state index is -0.368. The molecule has 1 heterocycles. The predicted octanol–water partition coefficient (Wildman–Crippen LogP) is 5.77. The van der Waals surface area contributed by atoms with Gasteiger partial charge in [0, 0.05) is 16.3 Å². The number of hydrogen-bond donors (Lipinski definition) is 1. The molecule has 150 valence electrons. The van der Waals surface area contributed by atoms with Crippen molar-refractivity contribution in [2.45, 2.75) is 20.8 Å². The Kier molecular flexibility index (Phi) is 5.38. The summed E-state index contributed by atoms with van der Waals surface area (Å²) in [7, 11) is 0. The Balaban J connectivity index is 1.81. The summed E-state index contributed by atoms with van der Waals surface area (Å²) < 4.78 is 1.68. The molecule has 0 saturated heterocycles. The van der Waals surface area contributed by atoms with Gasteiger partial charge in [-0.1, -0.05) is 53.6 Å². The Morgan fingerprint density at radius 1 is 0.933 bits per heavy atom.